The minimum Gasteiger partial charge on any atom is -0.395 e. The highest BCUT2D eigenvalue weighted by molar-refractivity contribution is 7.91. The van der Waals surface area contributed by atoms with Crippen LogP contribution in [0.5, 0.6) is 0 Å². The van der Waals surface area contributed by atoms with Crippen molar-refractivity contribution in [2.24, 2.45) is 0 Å². The minimum absolute atomic E-state index is 0.256. The van der Waals surface area contributed by atoms with E-state index in [2.05, 4.69) is 0 Å². The van der Waals surface area contributed by atoms with Gasteiger partial charge in [-0.25, -0.2) is 8.42 Å². The van der Waals surface area contributed by atoms with Gasteiger partial charge in [-0.1, -0.05) is 0 Å². The molecule has 0 heterocycles. The molecule has 88 valence electrons. The maximum absolute atomic E-state index is 10.5. The van der Waals surface area contributed by atoms with Crippen LogP contribution >= 0.6 is 0 Å². The van der Waals surface area contributed by atoms with Crippen molar-refractivity contribution >= 4 is 20.2 Å². The molecule has 0 unspecified atom stereocenters. The summed E-state index contributed by atoms with van der Waals surface area (Å²) in [6.45, 7) is -0.745. The number of sulfone groups is 1. The zero-order valence-electron chi connectivity index (χ0n) is 7.07. The van der Waals surface area contributed by atoms with E-state index in [-0.39, 0.29) is 24.7 Å². The smallest absolute Gasteiger partial charge is 0.394 e. The third-order valence-electron chi connectivity index (χ3n) is 0.805. The minimum atomic E-state index is -4.67. The first-order valence-electron chi connectivity index (χ1n) is 3.24. The van der Waals surface area contributed by atoms with E-state index >= 15 is 0 Å². The number of hydrogen-bond donors (Lipinski definition) is 4. The highest BCUT2D eigenvalue weighted by Gasteiger charge is 2.06. The molecule has 10 heteroatoms. The van der Waals surface area contributed by atoms with E-state index in [4.69, 9.17) is 27.7 Å². The molecule has 0 saturated heterocycles. The van der Waals surface area contributed by atoms with Gasteiger partial charge >= 0.3 is 10.4 Å². The third-order valence-corrected chi connectivity index (χ3v) is 2.41. The molecule has 0 fully saturated rings. The molecule has 0 aliphatic carbocycles. The quantitative estimate of drug-likeness (QED) is 0.409. The second kappa shape index (κ2) is 7.09. The van der Waals surface area contributed by atoms with Crippen LogP contribution in [0, 0.1) is 0 Å². The van der Waals surface area contributed by atoms with Gasteiger partial charge in [-0.05, 0) is 0 Å². The second-order valence-electron chi connectivity index (χ2n) is 2.05. The summed E-state index contributed by atoms with van der Waals surface area (Å²) in [5.74, 6) is -0.513. The number of aliphatic hydroxyl groups excluding tert-OH is 2. The molecule has 14 heavy (non-hydrogen) atoms. The molecule has 0 aromatic rings. The Morgan fingerprint density at radius 1 is 0.786 bits per heavy atom. The number of hydrogen-bond acceptors (Lipinski definition) is 6. The average molecular weight is 252 g/mol. The fraction of sp³-hybridized carbons (Fsp3) is 1.00. The normalized spacial score (nSPS) is 11.7. The maximum Gasteiger partial charge on any atom is 0.394 e. The monoisotopic (exact) mass is 252 g/mol. The Hall–Kier alpha value is -0.260. The van der Waals surface area contributed by atoms with Gasteiger partial charge in [-0.15, -0.1) is 0 Å². The van der Waals surface area contributed by atoms with Crippen molar-refractivity contribution in [3.8, 4) is 0 Å². The summed E-state index contributed by atoms with van der Waals surface area (Å²) >= 11 is 0. The van der Waals surface area contributed by atoms with Gasteiger partial charge in [0.2, 0.25) is 0 Å². The lowest BCUT2D eigenvalue weighted by atomic mass is 10.9. The molecule has 0 aliphatic heterocycles. The molecule has 0 amide bonds. The van der Waals surface area contributed by atoms with E-state index in [1.54, 1.807) is 0 Å². The molecule has 0 spiro atoms. The largest absolute Gasteiger partial charge is 0.395 e. The van der Waals surface area contributed by atoms with Crippen LogP contribution in [0.15, 0.2) is 0 Å². The summed E-state index contributed by atoms with van der Waals surface area (Å²) < 4.78 is 52.6. The lowest BCUT2D eigenvalue weighted by molar-refractivity contribution is 0.312. The molecular weight excluding hydrogens is 240 g/mol. The van der Waals surface area contributed by atoms with E-state index in [0.717, 1.165) is 0 Å². The molecule has 0 saturated carbocycles. The van der Waals surface area contributed by atoms with Crippen molar-refractivity contribution in [3.05, 3.63) is 0 Å². The van der Waals surface area contributed by atoms with E-state index in [9.17, 15) is 8.42 Å². The Bertz CT molecular complexity index is 293. The highest BCUT2D eigenvalue weighted by Crippen LogP contribution is 1.86. The zero-order valence-corrected chi connectivity index (χ0v) is 8.70. The molecule has 0 aromatic carbocycles. The van der Waals surface area contributed by atoms with Gasteiger partial charge in [0.1, 0.15) is 0 Å². The Balaban J connectivity index is 0. The topological polar surface area (TPSA) is 149 Å². The van der Waals surface area contributed by atoms with Crippen molar-refractivity contribution in [1.82, 2.24) is 0 Å². The Kier molecular flexibility index (Phi) is 8.19. The van der Waals surface area contributed by atoms with Gasteiger partial charge in [0.25, 0.3) is 0 Å². The standard InChI is InChI=1S/C4H10O4S.H2O4S/c5-1-3-9(7,8)4-2-6;1-5(2,3)4/h5-6H,1-4H2;(H2,1,2,3,4). The van der Waals surface area contributed by atoms with Crippen LogP contribution < -0.4 is 0 Å². The number of rotatable bonds is 4. The van der Waals surface area contributed by atoms with Crippen molar-refractivity contribution in [2.75, 3.05) is 24.7 Å². The van der Waals surface area contributed by atoms with Crippen LogP contribution in [0.25, 0.3) is 0 Å². The first kappa shape index (κ1) is 16.2. The third kappa shape index (κ3) is 22.6. The Morgan fingerprint density at radius 3 is 1.14 bits per heavy atom. The lowest BCUT2D eigenvalue weighted by Crippen LogP contribution is -2.15. The van der Waals surface area contributed by atoms with Gasteiger partial charge < -0.3 is 10.2 Å². The summed E-state index contributed by atoms with van der Waals surface area (Å²) in [5.41, 5.74) is 0. The Morgan fingerprint density at radius 2 is 1.00 bits per heavy atom. The summed E-state index contributed by atoms with van der Waals surface area (Å²) in [7, 11) is -7.85. The van der Waals surface area contributed by atoms with Crippen LogP contribution in [-0.4, -0.2) is 60.9 Å². The predicted molar refractivity (Wildman–Crippen MR) is 47.0 cm³/mol. The summed E-state index contributed by atoms with van der Waals surface area (Å²) in [4.78, 5) is 0. The molecule has 0 atom stereocenters. The fourth-order valence-corrected chi connectivity index (χ4v) is 1.14. The van der Waals surface area contributed by atoms with Crippen LogP contribution in [0.1, 0.15) is 0 Å². The van der Waals surface area contributed by atoms with Crippen LogP contribution in [0.2, 0.25) is 0 Å². The van der Waals surface area contributed by atoms with Crippen molar-refractivity contribution in [3.63, 3.8) is 0 Å². The van der Waals surface area contributed by atoms with E-state index in [1.165, 1.54) is 0 Å². The molecule has 0 aromatic heterocycles. The van der Waals surface area contributed by atoms with E-state index < -0.39 is 20.2 Å². The number of aliphatic hydroxyl groups is 2. The van der Waals surface area contributed by atoms with Gasteiger partial charge in [0, 0.05) is 0 Å². The van der Waals surface area contributed by atoms with Gasteiger partial charge in [-0.3, -0.25) is 9.11 Å². The summed E-state index contributed by atoms with van der Waals surface area (Å²) in [6.07, 6.45) is 0. The maximum atomic E-state index is 10.5. The SMILES string of the molecule is O=S(=O)(CCO)CCO.O=S(=O)(O)O. The molecule has 0 bridgehead atoms. The van der Waals surface area contributed by atoms with Crippen molar-refractivity contribution in [2.45, 2.75) is 0 Å². The molecule has 4 N–H and O–H groups in total. The van der Waals surface area contributed by atoms with Crippen LogP contribution in [0.3, 0.4) is 0 Å². The summed E-state index contributed by atoms with van der Waals surface area (Å²) in [5, 5.41) is 16.3. The van der Waals surface area contributed by atoms with Gasteiger partial charge in [0.05, 0.1) is 24.7 Å². The highest BCUT2D eigenvalue weighted by atomic mass is 32.3. The molecule has 0 radical (unpaired) electrons. The molecular formula is C4H12O8S2. The fourth-order valence-electron chi connectivity index (χ4n) is 0.380. The van der Waals surface area contributed by atoms with Crippen molar-refractivity contribution in [1.29, 1.82) is 0 Å². The second-order valence-corrected chi connectivity index (χ2v) is 5.25. The van der Waals surface area contributed by atoms with Crippen LogP contribution in [0.4, 0.5) is 0 Å². The van der Waals surface area contributed by atoms with Crippen LogP contribution in [-0.2, 0) is 20.2 Å². The Labute approximate surface area is 81.7 Å². The lowest BCUT2D eigenvalue weighted by Gasteiger charge is -1.96. The molecule has 0 rings (SSSR count). The van der Waals surface area contributed by atoms with E-state index in [0.29, 0.717) is 0 Å². The van der Waals surface area contributed by atoms with Gasteiger partial charge in [-0.2, -0.15) is 8.42 Å². The summed E-state index contributed by atoms with van der Waals surface area (Å²) in [6, 6.07) is 0. The molecule has 0 aliphatic rings. The average Bonchev–Trinajstić information content (AvgIpc) is 1.81. The van der Waals surface area contributed by atoms with Gasteiger partial charge in [0.15, 0.2) is 9.84 Å². The predicted octanol–water partition coefficient (Wildman–Crippen LogP) is -2.27. The first-order valence-corrected chi connectivity index (χ1v) is 6.46. The molecule has 8 nitrogen and oxygen atoms in total. The zero-order chi connectivity index (χ0) is 11.8. The first-order chi connectivity index (χ1) is 6.12. The van der Waals surface area contributed by atoms with E-state index in [1.807, 2.05) is 0 Å². The van der Waals surface area contributed by atoms with Crippen molar-refractivity contribution < 1.29 is 36.2 Å².